The van der Waals surface area contributed by atoms with Gasteiger partial charge in [0.15, 0.2) is 5.82 Å². The lowest BCUT2D eigenvalue weighted by Gasteiger charge is -2.32. The summed E-state index contributed by atoms with van der Waals surface area (Å²) in [6, 6.07) is 3.85. The Kier molecular flexibility index (Phi) is 5.20. The molecule has 0 spiro atoms. The molecule has 0 radical (unpaired) electrons. The van der Waals surface area contributed by atoms with Crippen LogP contribution in [0, 0.1) is 0 Å². The highest BCUT2D eigenvalue weighted by atomic mass is 19.4. The number of nitrogens with zero attached hydrogens (tertiary/aromatic N) is 3. The number of aromatic nitrogens is 3. The minimum absolute atomic E-state index is 0.103. The summed E-state index contributed by atoms with van der Waals surface area (Å²) in [6.07, 6.45) is -1.49. The first-order valence-corrected chi connectivity index (χ1v) is 9.39. The van der Waals surface area contributed by atoms with Gasteiger partial charge in [0.1, 0.15) is 11.4 Å². The minimum Gasteiger partial charge on any atom is -0.507 e. The van der Waals surface area contributed by atoms with Gasteiger partial charge in [-0.3, -0.25) is 4.98 Å². The molecule has 1 fully saturated rings. The lowest BCUT2D eigenvalue weighted by Crippen LogP contribution is -2.45. The molecule has 4 rings (SSSR count). The molecule has 2 aromatic heterocycles. The molecule has 3 unspecified atom stereocenters. The third-order valence-corrected chi connectivity index (χ3v) is 5.31. The van der Waals surface area contributed by atoms with Crippen molar-refractivity contribution in [3.05, 3.63) is 42.2 Å². The Labute approximate surface area is 169 Å². The van der Waals surface area contributed by atoms with Crippen molar-refractivity contribution in [2.75, 3.05) is 5.32 Å². The fourth-order valence-corrected chi connectivity index (χ4v) is 3.70. The van der Waals surface area contributed by atoms with Crippen LogP contribution in [0.1, 0.15) is 24.8 Å². The smallest absolute Gasteiger partial charge is 0.416 e. The average Bonchev–Trinajstić information content (AvgIpc) is 2.71. The van der Waals surface area contributed by atoms with Gasteiger partial charge in [0.25, 0.3) is 0 Å². The number of alkyl halides is 3. The predicted molar refractivity (Wildman–Crippen MR) is 103 cm³/mol. The molecule has 0 saturated heterocycles. The summed E-state index contributed by atoms with van der Waals surface area (Å²) in [7, 11) is 0. The second kappa shape index (κ2) is 7.69. The molecular formula is C20H19F3N4O3. The molecule has 30 heavy (non-hydrogen) atoms. The van der Waals surface area contributed by atoms with Crippen molar-refractivity contribution in [3.8, 4) is 17.0 Å². The van der Waals surface area contributed by atoms with E-state index < -0.39 is 35.7 Å². The van der Waals surface area contributed by atoms with Crippen LogP contribution >= 0.6 is 0 Å². The Morgan fingerprint density at radius 3 is 2.57 bits per heavy atom. The van der Waals surface area contributed by atoms with Crippen molar-refractivity contribution in [1.82, 2.24) is 15.2 Å². The zero-order valence-electron chi connectivity index (χ0n) is 15.6. The zero-order valence-corrected chi connectivity index (χ0v) is 15.6. The number of halogens is 3. The summed E-state index contributed by atoms with van der Waals surface area (Å²) in [6.45, 7) is 0. The van der Waals surface area contributed by atoms with Crippen molar-refractivity contribution < 1.29 is 28.5 Å². The molecule has 1 aromatic carbocycles. The van der Waals surface area contributed by atoms with Gasteiger partial charge in [0.2, 0.25) is 0 Å². The molecule has 158 valence electrons. The van der Waals surface area contributed by atoms with E-state index in [-0.39, 0.29) is 11.3 Å². The van der Waals surface area contributed by atoms with Crippen molar-refractivity contribution in [3.63, 3.8) is 0 Å². The van der Waals surface area contributed by atoms with Gasteiger partial charge < -0.3 is 20.6 Å². The fraction of sp³-hybridized carbons (Fsp3) is 0.350. The number of benzene rings is 1. The monoisotopic (exact) mass is 420 g/mol. The summed E-state index contributed by atoms with van der Waals surface area (Å²) >= 11 is 0. The predicted octanol–water partition coefficient (Wildman–Crippen LogP) is 3.10. The van der Waals surface area contributed by atoms with E-state index >= 15 is 0 Å². The maximum atomic E-state index is 12.9. The summed E-state index contributed by atoms with van der Waals surface area (Å²) < 4.78 is 38.7. The highest BCUT2D eigenvalue weighted by Gasteiger charge is 2.32. The van der Waals surface area contributed by atoms with Gasteiger partial charge in [0, 0.05) is 28.7 Å². The van der Waals surface area contributed by atoms with Gasteiger partial charge in [-0.15, -0.1) is 10.2 Å². The molecule has 1 saturated carbocycles. The van der Waals surface area contributed by atoms with Gasteiger partial charge in [-0.2, -0.15) is 13.2 Å². The molecule has 10 heteroatoms. The first kappa shape index (κ1) is 20.3. The van der Waals surface area contributed by atoms with Crippen molar-refractivity contribution in [2.45, 2.75) is 43.7 Å². The summed E-state index contributed by atoms with van der Waals surface area (Å²) in [5.41, 5.74) is -0.661. The van der Waals surface area contributed by atoms with Crippen molar-refractivity contribution >= 4 is 16.6 Å². The summed E-state index contributed by atoms with van der Waals surface area (Å²) in [4.78, 5) is 4.07. The second-order valence-electron chi connectivity index (χ2n) is 7.29. The molecule has 4 N–H and O–H groups in total. The molecular weight excluding hydrogens is 401 g/mol. The topological polar surface area (TPSA) is 111 Å². The van der Waals surface area contributed by atoms with Crippen LogP contribution < -0.4 is 5.32 Å². The van der Waals surface area contributed by atoms with Gasteiger partial charge in [-0.25, -0.2) is 0 Å². The van der Waals surface area contributed by atoms with Crippen LogP contribution in [0.15, 0.2) is 36.7 Å². The Morgan fingerprint density at radius 1 is 1.03 bits per heavy atom. The number of phenolic OH excluding ortho intramolecular Hbond substituents is 1. The van der Waals surface area contributed by atoms with E-state index in [9.17, 15) is 28.5 Å². The van der Waals surface area contributed by atoms with E-state index in [1.165, 1.54) is 12.4 Å². The number of hydrogen-bond acceptors (Lipinski definition) is 7. The molecule has 0 amide bonds. The quantitative estimate of drug-likeness (QED) is 0.515. The molecule has 1 aliphatic rings. The summed E-state index contributed by atoms with van der Waals surface area (Å²) in [5.74, 6) is -0.241. The highest BCUT2D eigenvalue weighted by molar-refractivity contribution is 6.00. The van der Waals surface area contributed by atoms with Crippen molar-refractivity contribution in [2.24, 2.45) is 0 Å². The first-order chi connectivity index (χ1) is 14.3. The Hall–Kier alpha value is -2.98. The molecule has 3 aromatic rings. The highest BCUT2D eigenvalue weighted by Crippen LogP contribution is 2.38. The molecule has 3 atom stereocenters. The van der Waals surface area contributed by atoms with Crippen LogP contribution in [0.3, 0.4) is 0 Å². The lowest BCUT2D eigenvalue weighted by atomic mass is 9.90. The van der Waals surface area contributed by atoms with Crippen LogP contribution in [0.25, 0.3) is 22.0 Å². The van der Waals surface area contributed by atoms with E-state index in [4.69, 9.17) is 0 Å². The lowest BCUT2D eigenvalue weighted by molar-refractivity contribution is -0.137. The van der Waals surface area contributed by atoms with Crippen LogP contribution in [0.5, 0.6) is 5.75 Å². The number of pyridine rings is 1. The normalized spacial score (nSPS) is 22.2. The Bertz CT molecular complexity index is 1080. The fourth-order valence-electron chi connectivity index (χ4n) is 3.70. The van der Waals surface area contributed by atoms with Gasteiger partial charge in [-0.1, -0.05) is 0 Å². The molecule has 2 heterocycles. The third kappa shape index (κ3) is 3.75. The maximum absolute atomic E-state index is 12.9. The number of hydrogen-bond donors (Lipinski definition) is 4. The van der Waals surface area contributed by atoms with Crippen LogP contribution in [0.4, 0.5) is 19.0 Å². The van der Waals surface area contributed by atoms with E-state index in [1.807, 2.05) is 0 Å². The number of aliphatic hydroxyl groups excluding tert-OH is 2. The third-order valence-electron chi connectivity index (χ3n) is 5.31. The number of nitrogens with one attached hydrogen (secondary N) is 1. The molecule has 1 aliphatic carbocycles. The van der Waals surface area contributed by atoms with Crippen LogP contribution in [-0.4, -0.2) is 48.8 Å². The first-order valence-electron chi connectivity index (χ1n) is 9.39. The van der Waals surface area contributed by atoms with Crippen LogP contribution in [0.2, 0.25) is 0 Å². The number of fused-ring (bicyclic) bond motifs is 1. The second-order valence-corrected chi connectivity index (χ2v) is 7.29. The molecule has 0 aliphatic heterocycles. The Morgan fingerprint density at radius 2 is 1.83 bits per heavy atom. The summed E-state index contributed by atoms with van der Waals surface area (Å²) in [5, 5.41) is 42.7. The largest absolute Gasteiger partial charge is 0.507 e. The standard InChI is InChI=1S/C20H19F3N4O3/c21-20(22,23)10-4-5-12(16(29)8-10)17-11-6-7-24-9-13(11)19(27-26-17)25-14-2-1-3-15(28)18(14)30/h4-9,14-15,18,28-30H,1-3H2,(H,25,27). The van der Waals surface area contributed by atoms with E-state index in [2.05, 4.69) is 20.5 Å². The number of aromatic hydroxyl groups is 1. The number of phenols is 1. The zero-order chi connectivity index (χ0) is 21.5. The number of anilines is 1. The molecule has 0 bridgehead atoms. The number of aliphatic hydroxyl groups is 2. The van der Waals surface area contributed by atoms with Gasteiger partial charge in [0.05, 0.1) is 23.8 Å². The maximum Gasteiger partial charge on any atom is 0.416 e. The Balaban J connectivity index is 1.75. The van der Waals surface area contributed by atoms with Crippen molar-refractivity contribution in [1.29, 1.82) is 0 Å². The van der Waals surface area contributed by atoms with Gasteiger partial charge in [-0.05, 0) is 43.5 Å². The SMILES string of the molecule is Oc1cc(C(F)(F)F)ccc1-c1nnc(NC2CCCC(O)C2O)c2cnccc12. The van der Waals surface area contributed by atoms with E-state index in [1.54, 1.807) is 6.07 Å². The average molecular weight is 420 g/mol. The van der Waals surface area contributed by atoms with E-state index in [0.717, 1.165) is 18.6 Å². The van der Waals surface area contributed by atoms with Gasteiger partial charge >= 0.3 is 6.18 Å². The molecule has 7 nitrogen and oxygen atoms in total. The number of rotatable bonds is 3. The van der Waals surface area contributed by atoms with Crippen LogP contribution in [-0.2, 0) is 6.18 Å². The van der Waals surface area contributed by atoms with E-state index in [0.29, 0.717) is 35.5 Å². The minimum atomic E-state index is -4.58.